The molecule has 0 aliphatic carbocycles. The molecular formula is C41H74N7O18P3S. The van der Waals surface area contributed by atoms with E-state index in [2.05, 4.69) is 62.1 Å². The fourth-order valence-corrected chi connectivity index (χ4v) is 11.2. The van der Waals surface area contributed by atoms with Crippen molar-refractivity contribution in [2.45, 2.75) is 149 Å². The fourth-order valence-electron chi connectivity index (χ4n) is 7.52. The second-order valence-corrected chi connectivity index (χ2v) is 24.4. The molecule has 0 spiro atoms. The molecule has 0 bridgehead atoms. The van der Waals surface area contributed by atoms with Crippen molar-refractivity contribution in [3.05, 3.63) is 12.7 Å². The first-order valence-corrected chi connectivity index (χ1v) is 28.8. The smallest absolute Gasteiger partial charge is 0.386 e. The van der Waals surface area contributed by atoms with Gasteiger partial charge in [0.2, 0.25) is 16.9 Å². The second kappa shape index (κ2) is 28.3. The van der Waals surface area contributed by atoms with Crippen LogP contribution in [0.3, 0.4) is 0 Å². The summed E-state index contributed by atoms with van der Waals surface area (Å²) < 4.78 is 62.5. The van der Waals surface area contributed by atoms with Crippen molar-refractivity contribution in [2.75, 3.05) is 37.8 Å². The van der Waals surface area contributed by atoms with Crippen molar-refractivity contribution < 1.29 is 85.6 Å². The number of aliphatic hydroxyl groups excluding tert-OH is 3. The lowest BCUT2D eigenvalue weighted by atomic mass is 9.87. The number of fused-ring (bicyclic) bond motifs is 1. The maximum Gasteiger partial charge on any atom is 0.481 e. The molecule has 2 aromatic heterocycles. The average molecular weight is 1080 g/mol. The van der Waals surface area contributed by atoms with Crippen LogP contribution < -0.4 is 16.4 Å². The lowest BCUT2D eigenvalue weighted by Crippen LogP contribution is -2.46. The normalized spacial score (nSPS) is 21.7. The number of thioether (sulfide) groups is 1. The number of hydrogen-bond acceptors (Lipinski definition) is 19. The van der Waals surface area contributed by atoms with Gasteiger partial charge >= 0.3 is 23.5 Å². The molecule has 1 aliphatic rings. The monoisotopic (exact) mass is 1080 g/mol. The Morgan fingerprint density at radius 1 is 0.871 bits per heavy atom. The van der Waals surface area contributed by atoms with Crippen LogP contribution in [0.1, 0.15) is 119 Å². The molecule has 3 rings (SSSR count). The Kier molecular flexibility index (Phi) is 25.0. The summed E-state index contributed by atoms with van der Waals surface area (Å²) in [4.78, 5) is 89.0. The van der Waals surface area contributed by atoms with E-state index in [4.69, 9.17) is 19.5 Å². The van der Waals surface area contributed by atoms with Crippen LogP contribution in [-0.2, 0) is 50.7 Å². The van der Waals surface area contributed by atoms with Crippen LogP contribution in [0.25, 0.3) is 11.2 Å². The molecule has 11 N–H and O–H groups in total. The zero-order valence-corrected chi connectivity index (χ0v) is 44.3. The Morgan fingerprint density at radius 3 is 2.09 bits per heavy atom. The number of nitrogens with one attached hydrogen (secondary N) is 2. The molecular weight excluding hydrogens is 1000 g/mol. The minimum absolute atomic E-state index is 0.0270. The Morgan fingerprint density at radius 2 is 1.47 bits per heavy atom. The second-order valence-electron chi connectivity index (χ2n) is 19.1. The zero-order valence-electron chi connectivity index (χ0n) is 40.8. The molecule has 0 radical (unpaired) electrons. The summed E-state index contributed by atoms with van der Waals surface area (Å²) in [5, 5.41) is 36.8. The van der Waals surface area contributed by atoms with Gasteiger partial charge in [-0.05, 0) is 30.1 Å². The quantitative estimate of drug-likeness (QED) is 0.0355. The van der Waals surface area contributed by atoms with Gasteiger partial charge in [0.15, 0.2) is 17.7 Å². The third-order valence-corrected chi connectivity index (χ3v) is 15.8. The van der Waals surface area contributed by atoms with Gasteiger partial charge in [-0.2, -0.15) is 4.31 Å². The molecule has 1 fully saturated rings. The number of aliphatic hydroxyl groups is 3. The van der Waals surface area contributed by atoms with E-state index in [-0.39, 0.29) is 53.3 Å². The highest BCUT2D eigenvalue weighted by atomic mass is 32.2. The van der Waals surface area contributed by atoms with Crippen molar-refractivity contribution >= 4 is 69.1 Å². The molecule has 1 saturated heterocycles. The highest BCUT2D eigenvalue weighted by molar-refractivity contribution is 8.13. The molecule has 402 valence electrons. The Labute approximate surface area is 412 Å². The van der Waals surface area contributed by atoms with Crippen molar-refractivity contribution in [1.29, 1.82) is 0 Å². The summed E-state index contributed by atoms with van der Waals surface area (Å²) in [5.41, 5.74) is 4.25. The van der Waals surface area contributed by atoms with Gasteiger partial charge in [0, 0.05) is 30.7 Å². The highest BCUT2D eigenvalue weighted by Crippen LogP contribution is 2.61. The first kappa shape index (κ1) is 61.8. The van der Waals surface area contributed by atoms with Gasteiger partial charge in [-0.1, -0.05) is 112 Å². The van der Waals surface area contributed by atoms with Crippen LogP contribution in [-0.4, -0.2) is 134 Å². The number of ether oxygens (including phenoxy) is 1. The summed E-state index contributed by atoms with van der Waals surface area (Å²) >= 11 is 0.917. The maximum atomic E-state index is 12.8. The topological polar surface area (TPSA) is 384 Å². The summed E-state index contributed by atoms with van der Waals surface area (Å²) in [6.07, 6.45) is 2.02. The van der Waals surface area contributed by atoms with E-state index in [1.807, 2.05) is 6.92 Å². The van der Waals surface area contributed by atoms with Gasteiger partial charge in [-0.3, -0.25) is 32.5 Å². The van der Waals surface area contributed by atoms with E-state index < -0.39 is 90.7 Å². The number of phosphoric acid groups is 3. The molecule has 1 aliphatic heterocycles. The minimum atomic E-state index is -5.59. The highest BCUT2D eigenvalue weighted by Gasteiger charge is 2.50. The molecule has 0 aromatic carbocycles. The lowest BCUT2D eigenvalue weighted by Gasteiger charge is -2.30. The third kappa shape index (κ3) is 21.2. The molecule has 29 heteroatoms. The first-order chi connectivity index (χ1) is 32.5. The number of carbonyl (C=O) groups excluding carboxylic acids is 3. The Bertz CT molecular complexity index is 2130. The van der Waals surface area contributed by atoms with Crippen LogP contribution in [0.4, 0.5) is 5.82 Å². The number of anilines is 1. The maximum absolute atomic E-state index is 12.8. The largest absolute Gasteiger partial charge is 0.481 e. The lowest BCUT2D eigenvalue weighted by molar-refractivity contribution is -0.137. The van der Waals surface area contributed by atoms with E-state index >= 15 is 0 Å². The van der Waals surface area contributed by atoms with Crippen molar-refractivity contribution in [2.24, 2.45) is 29.1 Å². The number of nitrogen functional groups attached to an aromatic ring is 1. The minimum Gasteiger partial charge on any atom is -0.386 e. The molecule has 3 unspecified atom stereocenters. The number of rotatable bonds is 33. The fraction of sp³-hybridized carbons (Fsp3) is 0.805. The van der Waals surface area contributed by atoms with Gasteiger partial charge in [0.1, 0.15) is 42.4 Å². The number of nitrogens with zero attached hydrogens (tertiary/aromatic N) is 4. The summed E-state index contributed by atoms with van der Waals surface area (Å²) in [5.74, 6) is 0.563. The van der Waals surface area contributed by atoms with E-state index in [1.54, 1.807) is 0 Å². The Balaban J connectivity index is 1.34. The van der Waals surface area contributed by atoms with Crippen LogP contribution in [0.2, 0.25) is 0 Å². The van der Waals surface area contributed by atoms with E-state index in [0.29, 0.717) is 5.92 Å². The predicted molar refractivity (Wildman–Crippen MR) is 257 cm³/mol. The number of imidazole rings is 1. The van der Waals surface area contributed by atoms with Crippen LogP contribution in [0, 0.1) is 29.1 Å². The van der Waals surface area contributed by atoms with Crippen molar-refractivity contribution in [3.8, 4) is 0 Å². The van der Waals surface area contributed by atoms with E-state index in [0.717, 1.165) is 60.1 Å². The summed E-state index contributed by atoms with van der Waals surface area (Å²) in [6, 6.07) is 0. The SMILES string of the molecule is CC(C)CCC[C@@H](C)CCC[C@@H](C)CCC[C@H](C)C(O)C(=O)SCCNC(=O)CCNC(=O)[C@H](O)C(C)(C)COP(=O)(O)OP(=O)(O)OC[C@H]1O[C@@H](n2cnc3c(N)ncnc32)[C@H](O)[C@@H]1OP(=O)(O)O. The van der Waals surface area contributed by atoms with Gasteiger partial charge in [0.05, 0.1) is 19.5 Å². The molecule has 25 nitrogen and oxygen atoms in total. The van der Waals surface area contributed by atoms with Crippen molar-refractivity contribution in [1.82, 2.24) is 30.2 Å². The number of aromatic nitrogens is 4. The molecule has 0 saturated carbocycles. The zero-order chi connectivity index (χ0) is 52.6. The van der Waals surface area contributed by atoms with Crippen LogP contribution in [0.15, 0.2) is 12.7 Å². The van der Waals surface area contributed by atoms with E-state index in [1.165, 1.54) is 52.4 Å². The predicted octanol–water partition coefficient (Wildman–Crippen LogP) is 4.10. The number of amides is 2. The average Bonchev–Trinajstić information content (AvgIpc) is 3.82. The van der Waals surface area contributed by atoms with Crippen LogP contribution in [0.5, 0.6) is 0 Å². The molecule has 70 heavy (non-hydrogen) atoms. The molecule has 2 amide bonds. The molecule has 2 aromatic rings. The van der Waals surface area contributed by atoms with Crippen LogP contribution >= 0.6 is 35.2 Å². The first-order valence-electron chi connectivity index (χ1n) is 23.3. The molecule has 3 heterocycles. The van der Waals surface area contributed by atoms with Crippen molar-refractivity contribution in [3.63, 3.8) is 0 Å². The molecule has 11 atom stereocenters. The number of hydrogen-bond donors (Lipinski definition) is 10. The number of carbonyl (C=O) groups is 3. The van der Waals surface area contributed by atoms with Gasteiger partial charge < -0.3 is 56.0 Å². The number of phosphoric ester groups is 3. The standard InChI is InChI=1S/C41H74N7O18P3S/c1-25(2)11-8-12-26(3)13-9-14-27(4)15-10-16-28(5)32(50)40(54)70-20-19-43-30(49)17-18-44-38(53)35(52)41(6,7)22-63-69(60,61)66-68(58,59)62-21-29-34(65-67(55,56)57)33(51)39(64-29)48-24-47-31-36(42)45-23-46-37(31)48/h23-29,32-35,39,50-52H,8-22H2,1-7H3,(H,43,49)(H,44,53)(H,58,59)(H,60,61)(H2,42,45,46)(H2,55,56,57)/t26-,27-,28+,29-,32?,33-,34-,35+,39-/m1/s1. The summed E-state index contributed by atoms with van der Waals surface area (Å²) in [7, 11) is -16.5. The van der Waals surface area contributed by atoms with Gasteiger partial charge in [0.25, 0.3) is 0 Å². The third-order valence-electron chi connectivity index (χ3n) is 11.8. The number of nitrogens with two attached hydrogens (primary N) is 1. The Hall–Kier alpha value is -2.48. The summed E-state index contributed by atoms with van der Waals surface area (Å²) in [6.45, 7) is 11.3. The van der Waals surface area contributed by atoms with Gasteiger partial charge in [-0.15, -0.1) is 0 Å². The van der Waals surface area contributed by atoms with E-state index in [9.17, 15) is 63.0 Å². The van der Waals surface area contributed by atoms with Gasteiger partial charge in [-0.25, -0.2) is 28.6 Å².